The van der Waals surface area contributed by atoms with Gasteiger partial charge in [0.2, 0.25) is 0 Å². The standard InChI is InChI=1S/C19H23NS/c1-2-15-6-8-16(9-7-15)14-21-19-5-3-4-17(12-19)13-20-18-10-11-18/h3-9,12,18,20H,2,10-11,13-14H2,1H3. The molecule has 2 aromatic carbocycles. The third kappa shape index (κ3) is 4.62. The molecule has 0 heterocycles. The first kappa shape index (κ1) is 14.7. The summed E-state index contributed by atoms with van der Waals surface area (Å²) in [6.45, 7) is 3.20. The monoisotopic (exact) mass is 297 g/mol. The summed E-state index contributed by atoms with van der Waals surface area (Å²) in [5.74, 6) is 1.05. The predicted octanol–water partition coefficient (Wildman–Crippen LogP) is 4.79. The van der Waals surface area contributed by atoms with Crippen molar-refractivity contribution in [2.24, 2.45) is 0 Å². The van der Waals surface area contributed by atoms with Crippen LogP contribution in [0.15, 0.2) is 53.4 Å². The number of benzene rings is 2. The summed E-state index contributed by atoms with van der Waals surface area (Å²) in [7, 11) is 0. The van der Waals surface area contributed by atoms with Crippen LogP contribution in [0.3, 0.4) is 0 Å². The van der Waals surface area contributed by atoms with Crippen LogP contribution < -0.4 is 5.32 Å². The molecule has 1 aliphatic rings. The minimum atomic E-state index is 0.776. The number of aryl methyl sites for hydroxylation is 1. The number of thioether (sulfide) groups is 1. The van der Waals surface area contributed by atoms with E-state index in [4.69, 9.17) is 0 Å². The zero-order chi connectivity index (χ0) is 14.5. The highest BCUT2D eigenvalue weighted by atomic mass is 32.2. The summed E-state index contributed by atoms with van der Waals surface area (Å²) in [5, 5.41) is 3.58. The molecule has 0 unspecified atom stereocenters. The summed E-state index contributed by atoms with van der Waals surface area (Å²) < 4.78 is 0. The minimum absolute atomic E-state index is 0.776. The molecule has 0 atom stereocenters. The van der Waals surface area contributed by atoms with Crippen molar-refractivity contribution in [2.45, 2.75) is 49.4 Å². The summed E-state index contributed by atoms with van der Waals surface area (Å²) in [6.07, 6.45) is 3.81. The SMILES string of the molecule is CCc1ccc(CSc2cccc(CNC3CC3)c2)cc1. The maximum absolute atomic E-state index is 3.58. The molecule has 1 aliphatic carbocycles. The molecule has 3 rings (SSSR count). The van der Waals surface area contributed by atoms with Gasteiger partial charge >= 0.3 is 0 Å². The smallest absolute Gasteiger partial charge is 0.0231 e. The fourth-order valence-corrected chi connectivity index (χ4v) is 3.27. The van der Waals surface area contributed by atoms with E-state index in [2.05, 4.69) is 60.8 Å². The molecule has 0 radical (unpaired) electrons. The normalized spacial score (nSPS) is 14.3. The van der Waals surface area contributed by atoms with Crippen LogP contribution >= 0.6 is 11.8 Å². The van der Waals surface area contributed by atoms with Crippen LogP contribution in [0.1, 0.15) is 36.5 Å². The van der Waals surface area contributed by atoms with Gasteiger partial charge < -0.3 is 5.32 Å². The van der Waals surface area contributed by atoms with Gasteiger partial charge in [0, 0.05) is 23.2 Å². The molecule has 0 spiro atoms. The zero-order valence-electron chi connectivity index (χ0n) is 12.6. The van der Waals surface area contributed by atoms with Gasteiger partial charge in [-0.1, -0.05) is 43.3 Å². The summed E-state index contributed by atoms with van der Waals surface area (Å²) in [4.78, 5) is 1.37. The van der Waals surface area contributed by atoms with Crippen LogP contribution in [-0.4, -0.2) is 6.04 Å². The Morgan fingerprint density at radius 2 is 1.76 bits per heavy atom. The van der Waals surface area contributed by atoms with Crippen molar-refractivity contribution >= 4 is 11.8 Å². The first-order valence-corrected chi connectivity index (χ1v) is 8.85. The van der Waals surface area contributed by atoms with Crippen LogP contribution in [-0.2, 0) is 18.7 Å². The molecule has 1 fully saturated rings. The van der Waals surface area contributed by atoms with Crippen molar-refractivity contribution in [1.29, 1.82) is 0 Å². The van der Waals surface area contributed by atoms with E-state index in [1.54, 1.807) is 0 Å². The lowest BCUT2D eigenvalue weighted by Crippen LogP contribution is -2.15. The van der Waals surface area contributed by atoms with Crippen LogP contribution in [0.5, 0.6) is 0 Å². The average Bonchev–Trinajstić information content (AvgIpc) is 3.36. The lowest BCUT2D eigenvalue weighted by atomic mass is 10.1. The Morgan fingerprint density at radius 3 is 2.48 bits per heavy atom. The van der Waals surface area contributed by atoms with Crippen molar-refractivity contribution in [1.82, 2.24) is 5.32 Å². The lowest BCUT2D eigenvalue weighted by Gasteiger charge is -2.07. The molecule has 21 heavy (non-hydrogen) atoms. The van der Waals surface area contributed by atoms with Gasteiger partial charge in [0.1, 0.15) is 0 Å². The van der Waals surface area contributed by atoms with Crippen molar-refractivity contribution in [3.8, 4) is 0 Å². The summed E-state index contributed by atoms with van der Waals surface area (Å²) >= 11 is 1.92. The van der Waals surface area contributed by atoms with Gasteiger partial charge in [-0.15, -0.1) is 11.8 Å². The lowest BCUT2D eigenvalue weighted by molar-refractivity contribution is 0.687. The van der Waals surface area contributed by atoms with E-state index >= 15 is 0 Å². The van der Waals surface area contributed by atoms with Crippen molar-refractivity contribution < 1.29 is 0 Å². The highest BCUT2D eigenvalue weighted by molar-refractivity contribution is 7.98. The minimum Gasteiger partial charge on any atom is -0.310 e. The van der Waals surface area contributed by atoms with Gasteiger partial charge in [-0.05, 0) is 48.1 Å². The number of hydrogen-bond donors (Lipinski definition) is 1. The largest absolute Gasteiger partial charge is 0.310 e. The molecule has 2 aromatic rings. The van der Waals surface area contributed by atoms with Crippen LogP contribution in [0.4, 0.5) is 0 Å². The molecule has 0 amide bonds. The number of nitrogens with one attached hydrogen (secondary N) is 1. The van der Waals surface area contributed by atoms with E-state index in [0.717, 1.165) is 24.8 Å². The number of rotatable bonds is 7. The van der Waals surface area contributed by atoms with Gasteiger partial charge in [0.05, 0.1) is 0 Å². The van der Waals surface area contributed by atoms with E-state index < -0.39 is 0 Å². The Balaban J connectivity index is 1.54. The summed E-state index contributed by atoms with van der Waals surface area (Å²) in [6, 6.07) is 18.7. The quantitative estimate of drug-likeness (QED) is 0.737. The van der Waals surface area contributed by atoms with Gasteiger partial charge in [-0.2, -0.15) is 0 Å². The second-order valence-corrected chi connectivity index (χ2v) is 6.81. The third-order valence-corrected chi connectivity index (χ3v) is 4.97. The fraction of sp³-hybridized carbons (Fsp3) is 0.368. The van der Waals surface area contributed by atoms with E-state index in [1.165, 1.54) is 34.4 Å². The molecule has 0 saturated heterocycles. The Labute approximate surface area is 132 Å². The Bertz CT molecular complexity index is 572. The Morgan fingerprint density at radius 1 is 1.00 bits per heavy atom. The molecule has 110 valence electrons. The fourth-order valence-electron chi connectivity index (χ4n) is 2.33. The second-order valence-electron chi connectivity index (χ2n) is 5.76. The molecule has 0 aromatic heterocycles. The van der Waals surface area contributed by atoms with Gasteiger partial charge in [0.15, 0.2) is 0 Å². The zero-order valence-corrected chi connectivity index (χ0v) is 13.5. The van der Waals surface area contributed by atoms with Gasteiger partial charge in [-0.3, -0.25) is 0 Å². The molecule has 1 nitrogen and oxygen atoms in total. The van der Waals surface area contributed by atoms with E-state index in [1.807, 2.05) is 11.8 Å². The molecular formula is C19H23NS. The summed E-state index contributed by atoms with van der Waals surface area (Å²) in [5.41, 5.74) is 4.21. The van der Waals surface area contributed by atoms with Crippen molar-refractivity contribution in [3.05, 3.63) is 65.2 Å². The first-order chi connectivity index (χ1) is 10.3. The first-order valence-electron chi connectivity index (χ1n) is 7.86. The maximum Gasteiger partial charge on any atom is 0.0231 e. The average molecular weight is 297 g/mol. The Hall–Kier alpha value is -1.25. The van der Waals surface area contributed by atoms with Crippen molar-refractivity contribution in [3.63, 3.8) is 0 Å². The predicted molar refractivity (Wildman–Crippen MR) is 91.7 cm³/mol. The molecule has 1 saturated carbocycles. The van der Waals surface area contributed by atoms with Crippen LogP contribution in [0, 0.1) is 0 Å². The van der Waals surface area contributed by atoms with E-state index in [-0.39, 0.29) is 0 Å². The second kappa shape index (κ2) is 7.15. The van der Waals surface area contributed by atoms with Crippen LogP contribution in [0.2, 0.25) is 0 Å². The third-order valence-electron chi connectivity index (χ3n) is 3.91. The molecule has 1 N–H and O–H groups in total. The van der Waals surface area contributed by atoms with Gasteiger partial charge in [0.25, 0.3) is 0 Å². The Kier molecular flexibility index (Phi) is 5.00. The van der Waals surface area contributed by atoms with Gasteiger partial charge in [-0.25, -0.2) is 0 Å². The van der Waals surface area contributed by atoms with Crippen molar-refractivity contribution in [2.75, 3.05) is 0 Å². The molecular weight excluding hydrogens is 274 g/mol. The molecule has 0 aliphatic heterocycles. The number of hydrogen-bond acceptors (Lipinski definition) is 2. The topological polar surface area (TPSA) is 12.0 Å². The van der Waals surface area contributed by atoms with Crippen LogP contribution in [0.25, 0.3) is 0 Å². The van der Waals surface area contributed by atoms with E-state index in [0.29, 0.717) is 0 Å². The highest BCUT2D eigenvalue weighted by Crippen LogP contribution is 2.24. The molecule has 2 heteroatoms. The van der Waals surface area contributed by atoms with E-state index in [9.17, 15) is 0 Å². The highest BCUT2D eigenvalue weighted by Gasteiger charge is 2.19. The molecule has 0 bridgehead atoms. The maximum atomic E-state index is 3.58.